The number of unbranched alkanes of at least 4 members (excludes halogenated alkanes) is 2. The van der Waals surface area contributed by atoms with Crippen LogP contribution in [0.2, 0.25) is 0 Å². The highest BCUT2D eigenvalue weighted by Crippen LogP contribution is 2.67. The van der Waals surface area contributed by atoms with Crippen LogP contribution >= 0.6 is 15.9 Å². The van der Waals surface area contributed by atoms with E-state index in [1.807, 2.05) is 25.6 Å². The molecule has 0 aromatic carbocycles. The van der Waals surface area contributed by atoms with Crippen LogP contribution in [-0.2, 0) is 11.8 Å². The van der Waals surface area contributed by atoms with Gasteiger partial charge < -0.3 is 15.4 Å². The third kappa shape index (κ3) is 6.12. The number of anilines is 1. The van der Waals surface area contributed by atoms with E-state index in [1.165, 1.54) is 38.5 Å². The van der Waals surface area contributed by atoms with Crippen LogP contribution in [0.5, 0.6) is 0 Å². The van der Waals surface area contributed by atoms with Gasteiger partial charge in [-0.15, -0.1) is 0 Å². The van der Waals surface area contributed by atoms with Gasteiger partial charge in [0.1, 0.15) is 5.82 Å². The molecule has 0 radical (unpaired) electrons. The van der Waals surface area contributed by atoms with E-state index in [-0.39, 0.29) is 29.6 Å². The van der Waals surface area contributed by atoms with Crippen LogP contribution in [-0.4, -0.2) is 67.5 Å². The Hall–Kier alpha value is -2.11. The Morgan fingerprint density at radius 3 is 2.62 bits per heavy atom. The van der Waals surface area contributed by atoms with Gasteiger partial charge in [-0.1, -0.05) is 13.8 Å². The van der Waals surface area contributed by atoms with Gasteiger partial charge in [-0.3, -0.25) is 4.68 Å². The van der Waals surface area contributed by atoms with Crippen molar-refractivity contribution in [2.75, 3.05) is 32.0 Å². The van der Waals surface area contributed by atoms with E-state index < -0.39 is 5.92 Å². The van der Waals surface area contributed by atoms with E-state index in [4.69, 9.17) is 15.5 Å². The van der Waals surface area contributed by atoms with Gasteiger partial charge in [0.2, 0.25) is 5.92 Å². The van der Waals surface area contributed by atoms with Gasteiger partial charge in [0.25, 0.3) is 0 Å². The van der Waals surface area contributed by atoms with Gasteiger partial charge in [0.05, 0.1) is 28.7 Å². The topological polar surface area (TPSA) is 86.5 Å². The molecule has 8 atom stereocenters. The van der Waals surface area contributed by atoms with Crippen LogP contribution in [0.3, 0.4) is 0 Å². The Labute approximate surface area is 304 Å². The minimum atomic E-state index is -2.45. The molecule has 5 aliphatic rings. The summed E-state index contributed by atoms with van der Waals surface area (Å²) in [7, 11) is 1.91. The van der Waals surface area contributed by atoms with E-state index in [2.05, 4.69) is 44.9 Å². The van der Waals surface area contributed by atoms with E-state index in [0.717, 1.165) is 85.3 Å². The summed E-state index contributed by atoms with van der Waals surface area (Å²) < 4.78 is 39.8. The van der Waals surface area contributed by atoms with Gasteiger partial charge in [-0.25, -0.2) is 13.8 Å². The lowest BCUT2D eigenvalue weighted by molar-refractivity contribution is -0.169. The number of hydrogen-bond acceptors (Lipinski definition) is 6. The standard InChI is InChI=1S/C39H56BrF2N7O/c1-37-15-16-39(41,42)20-27(37)9-10-28-30-11-12-32(38(30,2)14-13-31(28)37)50-19-6-4-5-17-48-18-7-8-25(24-48)34-33(40)35(43)49-36(46-34)29(22-45-49)26-21-44-47(3)23-26/h21-23,25,27-28,30-32H,4-20,24,43H2,1-3H3/t25-,27+,28+,30+,31+,32+,37+,38+/m1/s1. The summed E-state index contributed by atoms with van der Waals surface area (Å²) >= 11 is 3.77. The van der Waals surface area contributed by atoms with Crippen molar-refractivity contribution in [3.63, 3.8) is 0 Å². The zero-order chi connectivity index (χ0) is 34.8. The predicted octanol–water partition coefficient (Wildman–Crippen LogP) is 8.89. The number of nitrogens with two attached hydrogens (primary N) is 1. The molecule has 0 bridgehead atoms. The minimum Gasteiger partial charge on any atom is -0.383 e. The van der Waals surface area contributed by atoms with Crippen molar-refractivity contribution in [1.29, 1.82) is 0 Å². The first-order valence-electron chi connectivity index (χ1n) is 19.5. The second-order valence-corrected chi connectivity index (χ2v) is 18.1. The van der Waals surface area contributed by atoms with Gasteiger partial charge in [-0.05, 0) is 141 Å². The van der Waals surface area contributed by atoms with Crippen molar-refractivity contribution in [2.45, 2.75) is 122 Å². The van der Waals surface area contributed by atoms with Gasteiger partial charge in [0, 0.05) is 56.3 Å². The number of nitrogens with zero attached hydrogens (tertiary/aromatic N) is 6. The zero-order valence-corrected chi connectivity index (χ0v) is 31.8. The first-order valence-corrected chi connectivity index (χ1v) is 20.3. The quantitative estimate of drug-likeness (QED) is 0.220. The lowest BCUT2D eigenvalue weighted by atomic mass is 9.45. The van der Waals surface area contributed by atoms with Crippen LogP contribution in [0, 0.1) is 34.5 Å². The summed E-state index contributed by atoms with van der Waals surface area (Å²) in [5.74, 6) is 0.669. The maximum absolute atomic E-state index is 14.4. The van der Waals surface area contributed by atoms with Crippen molar-refractivity contribution in [2.24, 2.45) is 41.5 Å². The summed E-state index contributed by atoms with van der Waals surface area (Å²) in [5, 5.41) is 8.87. The molecule has 11 heteroatoms. The molecule has 0 spiro atoms. The lowest BCUT2D eigenvalue weighted by Crippen LogP contribution is -2.55. The second kappa shape index (κ2) is 13.4. The molecule has 1 aliphatic heterocycles. The number of rotatable bonds is 9. The molecule has 3 aromatic rings. The zero-order valence-electron chi connectivity index (χ0n) is 30.2. The summed E-state index contributed by atoms with van der Waals surface area (Å²) in [6.07, 6.45) is 19.6. The molecule has 2 N–H and O–H groups in total. The third-order valence-corrected chi connectivity index (χ3v) is 15.4. The van der Waals surface area contributed by atoms with Crippen molar-refractivity contribution in [1.82, 2.24) is 29.3 Å². The number of alkyl halides is 2. The molecule has 8 nitrogen and oxygen atoms in total. The predicted molar refractivity (Wildman–Crippen MR) is 196 cm³/mol. The lowest BCUT2D eigenvalue weighted by Gasteiger charge is -2.61. The highest BCUT2D eigenvalue weighted by atomic mass is 79.9. The molecule has 3 aromatic heterocycles. The molecule has 4 saturated carbocycles. The molecule has 8 rings (SSSR count). The number of piperidine rings is 1. The van der Waals surface area contributed by atoms with Crippen LogP contribution in [0.25, 0.3) is 16.8 Å². The summed E-state index contributed by atoms with van der Waals surface area (Å²) in [6, 6.07) is 0. The van der Waals surface area contributed by atoms with E-state index in [0.29, 0.717) is 42.0 Å². The number of ether oxygens (including phenoxy) is 1. The van der Waals surface area contributed by atoms with Crippen LogP contribution in [0.1, 0.15) is 115 Å². The van der Waals surface area contributed by atoms with Crippen molar-refractivity contribution < 1.29 is 13.5 Å². The van der Waals surface area contributed by atoms with Crippen LogP contribution < -0.4 is 5.73 Å². The van der Waals surface area contributed by atoms with E-state index >= 15 is 0 Å². The molecule has 274 valence electrons. The summed E-state index contributed by atoms with van der Waals surface area (Å²) in [4.78, 5) is 7.75. The van der Waals surface area contributed by atoms with Crippen molar-refractivity contribution >= 4 is 27.4 Å². The molecule has 4 aliphatic carbocycles. The number of aromatic nitrogens is 5. The van der Waals surface area contributed by atoms with Gasteiger partial charge in [0.15, 0.2) is 5.65 Å². The number of hydrogen-bond donors (Lipinski definition) is 1. The van der Waals surface area contributed by atoms with E-state index in [9.17, 15) is 8.78 Å². The number of aryl methyl sites for hydroxylation is 1. The largest absolute Gasteiger partial charge is 0.383 e. The second-order valence-electron chi connectivity index (χ2n) is 17.3. The molecular weight excluding hydrogens is 700 g/mol. The molecular formula is C39H56BrF2N7O. The number of fused-ring (bicyclic) bond motifs is 6. The smallest absolute Gasteiger partial charge is 0.248 e. The normalized spacial score (nSPS) is 35.6. The Morgan fingerprint density at radius 2 is 1.80 bits per heavy atom. The van der Waals surface area contributed by atoms with E-state index in [1.54, 1.807) is 9.20 Å². The highest BCUT2D eigenvalue weighted by molar-refractivity contribution is 9.10. The van der Waals surface area contributed by atoms with Gasteiger partial charge >= 0.3 is 0 Å². The number of nitrogen functional groups attached to an aromatic ring is 1. The fourth-order valence-electron chi connectivity index (χ4n) is 11.8. The molecule has 1 saturated heterocycles. The summed E-state index contributed by atoms with van der Waals surface area (Å²) in [6.45, 7) is 8.94. The van der Waals surface area contributed by atoms with Crippen LogP contribution in [0.15, 0.2) is 23.1 Å². The maximum Gasteiger partial charge on any atom is 0.248 e. The molecule has 0 unspecified atom stereocenters. The molecule has 5 fully saturated rings. The first kappa shape index (κ1) is 34.9. The number of likely N-dealkylation sites (tertiary alicyclic amines) is 1. The maximum atomic E-state index is 14.4. The average Bonchev–Trinajstić information content (AvgIpc) is 3.81. The number of halogens is 3. The highest BCUT2D eigenvalue weighted by Gasteiger charge is 2.62. The van der Waals surface area contributed by atoms with Crippen LogP contribution in [0.4, 0.5) is 14.6 Å². The Bertz CT molecular complexity index is 1690. The Kier molecular flexibility index (Phi) is 9.36. The average molecular weight is 757 g/mol. The molecule has 0 amide bonds. The Balaban J connectivity index is 0.818. The summed E-state index contributed by atoms with van der Waals surface area (Å²) in [5.41, 5.74) is 10.7. The van der Waals surface area contributed by atoms with Gasteiger partial charge in [-0.2, -0.15) is 14.7 Å². The Morgan fingerprint density at radius 1 is 0.960 bits per heavy atom. The molecule has 4 heterocycles. The monoisotopic (exact) mass is 755 g/mol. The fraction of sp³-hybridized carbons (Fsp3) is 0.769. The fourth-order valence-corrected chi connectivity index (χ4v) is 12.3. The first-order chi connectivity index (χ1) is 24.0. The van der Waals surface area contributed by atoms with Crippen molar-refractivity contribution in [3.05, 3.63) is 28.8 Å². The molecule has 50 heavy (non-hydrogen) atoms. The SMILES string of the molecule is Cn1cc(-c2cnn3c(N)c(Br)c([C@@H]4CCCN(CCCCCO[C@H]5CC[C@H]6[C@@H]7CC[C@H]8CC(F)(F)CC[C@]8(C)[C@H]7CC[C@]56C)C4)nc23)cn1. The minimum absolute atomic E-state index is 0.0934. The van der Waals surface area contributed by atoms with Crippen molar-refractivity contribution in [3.8, 4) is 11.1 Å². The third-order valence-electron chi connectivity index (χ3n) is 14.5.